The van der Waals surface area contributed by atoms with Crippen molar-refractivity contribution in [2.24, 2.45) is 0 Å². The second kappa shape index (κ2) is 6.37. The molecule has 0 saturated heterocycles. The van der Waals surface area contributed by atoms with E-state index in [1.165, 1.54) is 5.56 Å². The third-order valence-electron chi connectivity index (χ3n) is 3.58. The van der Waals surface area contributed by atoms with E-state index in [-0.39, 0.29) is 12.1 Å². The van der Waals surface area contributed by atoms with Crippen LogP contribution >= 0.6 is 0 Å². The van der Waals surface area contributed by atoms with E-state index >= 15 is 0 Å². The van der Waals surface area contributed by atoms with Crippen molar-refractivity contribution in [3.05, 3.63) is 29.8 Å². The highest BCUT2D eigenvalue weighted by Gasteiger charge is 2.27. The number of carbonyl (C=O) groups is 1. The molecule has 116 valence electrons. The number of alkyl carbamates (subject to hydrolysis) is 1. The van der Waals surface area contributed by atoms with Crippen LogP contribution in [0.3, 0.4) is 0 Å². The lowest BCUT2D eigenvalue weighted by molar-refractivity contribution is 0.0505. The molecule has 2 rings (SSSR count). The highest BCUT2D eigenvalue weighted by molar-refractivity contribution is 5.68. The summed E-state index contributed by atoms with van der Waals surface area (Å²) >= 11 is 0. The van der Waals surface area contributed by atoms with Crippen LogP contribution < -0.4 is 10.6 Å². The lowest BCUT2D eigenvalue weighted by Gasteiger charge is -2.22. The largest absolute Gasteiger partial charge is 0.444 e. The summed E-state index contributed by atoms with van der Waals surface area (Å²) in [5.74, 6) is 0. The Morgan fingerprint density at radius 3 is 2.38 bits per heavy atom. The van der Waals surface area contributed by atoms with E-state index in [4.69, 9.17) is 4.74 Å². The second-order valence-electron chi connectivity index (χ2n) is 6.86. The number of nitrogens with one attached hydrogen (secondary N) is 2. The van der Waals surface area contributed by atoms with Crippen molar-refractivity contribution in [3.8, 4) is 0 Å². The fraction of sp³-hybridized carbons (Fsp3) is 0.588. The number of rotatable bonds is 3. The highest BCUT2D eigenvalue weighted by Crippen LogP contribution is 2.23. The molecule has 0 aliphatic heterocycles. The van der Waals surface area contributed by atoms with Gasteiger partial charge in [-0.1, -0.05) is 17.7 Å². The van der Waals surface area contributed by atoms with Crippen molar-refractivity contribution in [2.45, 2.75) is 64.6 Å². The second-order valence-corrected chi connectivity index (χ2v) is 6.86. The van der Waals surface area contributed by atoms with Gasteiger partial charge in [0, 0.05) is 17.8 Å². The maximum Gasteiger partial charge on any atom is 0.407 e. The monoisotopic (exact) mass is 290 g/mol. The van der Waals surface area contributed by atoms with Crippen LogP contribution in [-0.4, -0.2) is 23.8 Å². The molecule has 4 heteroatoms. The van der Waals surface area contributed by atoms with Crippen LogP contribution in [0.2, 0.25) is 0 Å². The topological polar surface area (TPSA) is 50.4 Å². The Morgan fingerprint density at radius 1 is 1.14 bits per heavy atom. The number of ether oxygens (including phenoxy) is 1. The van der Waals surface area contributed by atoms with Gasteiger partial charge in [-0.15, -0.1) is 0 Å². The number of hydrogen-bond donors (Lipinski definition) is 2. The summed E-state index contributed by atoms with van der Waals surface area (Å²) in [5, 5.41) is 6.49. The standard InChI is InChI=1S/C17H26N2O2/c1-12-5-7-13(8-6-12)18-14-9-10-15(11-14)19-16(20)21-17(2,3)4/h5-8,14-15,18H,9-11H2,1-4H3,(H,19,20). The molecule has 0 aromatic heterocycles. The Bertz CT molecular complexity index is 477. The molecule has 1 aromatic carbocycles. The Hall–Kier alpha value is -1.71. The van der Waals surface area contributed by atoms with Crippen molar-refractivity contribution in [2.75, 3.05) is 5.32 Å². The van der Waals surface area contributed by atoms with Crippen LogP contribution in [0.15, 0.2) is 24.3 Å². The van der Waals surface area contributed by atoms with Gasteiger partial charge in [0.15, 0.2) is 0 Å². The van der Waals surface area contributed by atoms with Gasteiger partial charge in [0.1, 0.15) is 5.60 Å². The summed E-state index contributed by atoms with van der Waals surface area (Å²) in [6.45, 7) is 7.72. The van der Waals surface area contributed by atoms with E-state index < -0.39 is 5.60 Å². The number of hydrogen-bond acceptors (Lipinski definition) is 3. The van der Waals surface area contributed by atoms with Crippen molar-refractivity contribution in [1.82, 2.24) is 5.32 Å². The SMILES string of the molecule is Cc1ccc(NC2CCC(NC(=O)OC(C)(C)C)C2)cc1. The van der Waals surface area contributed by atoms with Gasteiger partial charge in [-0.3, -0.25) is 0 Å². The predicted octanol–water partition coefficient (Wildman–Crippen LogP) is 3.85. The van der Waals surface area contributed by atoms with Gasteiger partial charge in [0.05, 0.1) is 0 Å². The molecule has 1 aromatic rings. The molecule has 0 spiro atoms. The average molecular weight is 290 g/mol. The van der Waals surface area contributed by atoms with Crippen LogP contribution in [0.5, 0.6) is 0 Å². The predicted molar refractivity (Wildman–Crippen MR) is 85.6 cm³/mol. The van der Waals surface area contributed by atoms with Crippen LogP contribution in [0.4, 0.5) is 10.5 Å². The highest BCUT2D eigenvalue weighted by atomic mass is 16.6. The number of benzene rings is 1. The van der Waals surface area contributed by atoms with Gasteiger partial charge in [0.2, 0.25) is 0 Å². The van der Waals surface area contributed by atoms with E-state index in [0.29, 0.717) is 6.04 Å². The number of amides is 1. The molecule has 1 fully saturated rings. The van der Waals surface area contributed by atoms with Crippen molar-refractivity contribution >= 4 is 11.8 Å². The van der Waals surface area contributed by atoms with Crippen LogP contribution in [0, 0.1) is 6.92 Å². The molecule has 1 amide bonds. The van der Waals surface area contributed by atoms with Crippen molar-refractivity contribution in [1.29, 1.82) is 0 Å². The molecular formula is C17H26N2O2. The Morgan fingerprint density at radius 2 is 1.76 bits per heavy atom. The fourth-order valence-corrected chi connectivity index (χ4v) is 2.60. The average Bonchev–Trinajstić information content (AvgIpc) is 2.77. The minimum Gasteiger partial charge on any atom is -0.444 e. The van der Waals surface area contributed by atoms with E-state index in [9.17, 15) is 4.79 Å². The van der Waals surface area contributed by atoms with Crippen molar-refractivity contribution in [3.63, 3.8) is 0 Å². The lowest BCUT2D eigenvalue weighted by atomic mass is 10.2. The maximum absolute atomic E-state index is 11.8. The first kappa shape index (κ1) is 15.7. The minimum absolute atomic E-state index is 0.197. The third kappa shape index (κ3) is 5.29. The molecule has 0 bridgehead atoms. The molecule has 21 heavy (non-hydrogen) atoms. The Labute approximate surface area is 127 Å². The van der Waals surface area contributed by atoms with Gasteiger partial charge in [-0.05, 0) is 59.1 Å². The van der Waals surface area contributed by atoms with Gasteiger partial charge in [-0.2, -0.15) is 0 Å². The number of carbonyl (C=O) groups excluding carboxylic acids is 1. The zero-order valence-corrected chi connectivity index (χ0v) is 13.4. The summed E-state index contributed by atoms with van der Waals surface area (Å²) in [5.41, 5.74) is 1.96. The smallest absolute Gasteiger partial charge is 0.407 e. The molecular weight excluding hydrogens is 264 g/mol. The first-order chi connectivity index (χ1) is 9.82. The van der Waals surface area contributed by atoms with E-state index in [0.717, 1.165) is 24.9 Å². The van der Waals surface area contributed by atoms with Crippen LogP contribution in [0.25, 0.3) is 0 Å². The fourth-order valence-electron chi connectivity index (χ4n) is 2.60. The van der Waals surface area contributed by atoms with Gasteiger partial charge < -0.3 is 15.4 Å². The summed E-state index contributed by atoms with van der Waals surface area (Å²) in [7, 11) is 0. The Balaban J connectivity index is 1.78. The molecule has 0 radical (unpaired) electrons. The van der Waals surface area contributed by atoms with Crippen LogP contribution in [0.1, 0.15) is 45.6 Å². The molecule has 1 saturated carbocycles. The minimum atomic E-state index is -0.442. The first-order valence-corrected chi connectivity index (χ1v) is 7.64. The lowest BCUT2D eigenvalue weighted by Crippen LogP contribution is -2.38. The van der Waals surface area contributed by atoms with E-state index in [1.807, 2.05) is 20.8 Å². The molecule has 0 heterocycles. The Kier molecular flexibility index (Phi) is 4.76. The molecule has 1 aliphatic carbocycles. The molecule has 2 N–H and O–H groups in total. The molecule has 1 aliphatic rings. The maximum atomic E-state index is 11.8. The van der Waals surface area contributed by atoms with Crippen LogP contribution in [-0.2, 0) is 4.74 Å². The molecule has 4 nitrogen and oxygen atoms in total. The summed E-state index contributed by atoms with van der Waals surface area (Å²) in [6.07, 6.45) is 2.67. The normalized spacial score (nSPS) is 21.9. The zero-order valence-electron chi connectivity index (χ0n) is 13.4. The van der Waals surface area contributed by atoms with E-state index in [1.54, 1.807) is 0 Å². The van der Waals surface area contributed by atoms with E-state index in [2.05, 4.69) is 41.8 Å². The van der Waals surface area contributed by atoms with Crippen molar-refractivity contribution < 1.29 is 9.53 Å². The summed E-state index contributed by atoms with van der Waals surface area (Å²) < 4.78 is 5.30. The summed E-state index contributed by atoms with van der Waals surface area (Å²) in [4.78, 5) is 11.8. The zero-order chi connectivity index (χ0) is 15.5. The number of aryl methyl sites for hydroxylation is 1. The quantitative estimate of drug-likeness (QED) is 0.889. The van der Waals surface area contributed by atoms with Gasteiger partial charge in [-0.25, -0.2) is 4.79 Å². The molecule has 2 atom stereocenters. The third-order valence-corrected chi connectivity index (χ3v) is 3.58. The van der Waals surface area contributed by atoms with Gasteiger partial charge in [0.25, 0.3) is 0 Å². The molecule has 2 unspecified atom stereocenters. The number of anilines is 1. The first-order valence-electron chi connectivity index (χ1n) is 7.64. The van der Waals surface area contributed by atoms with Gasteiger partial charge >= 0.3 is 6.09 Å². The summed E-state index contributed by atoms with van der Waals surface area (Å²) in [6, 6.07) is 9.02.